The minimum Gasteiger partial charge on any atom is -0.293 e. The van der Waals surface area contributed by atoms with Gasteiger partial charge in [0.25, 0.3) is 5.56 Å². The van der Waals surface area contributed by atoms with Gasteiger partial charge in [0.15, 0.2) is 0 Å². The molecule has 1 aliphatic rings. The monoisotopic (exact) mass is 332 g/mol. The Kier molecular flexibility index (Phi) is 3.34. The Morgan fingerprint density at radius 2 is 2.32 bits per heavy atom. The Morgan fingerprint density at radius 1 is 1.45 bits per heavy atom. The lowest BCUT2D eigenvalue weighted by atomic mass is 9.89. The molecule has 3 aromatic rings. The molecule has 0 aromatic carbocycles. The second kappa shape index (κ2) is 5.24. The van der Waals surface area contributed by atoms with Gasteiger partial charge in [0, 0.05) is 4.88 Å². The van der Waals surface area contributed by atoms with E-state index in [-0.39, 0.29) is 5.56 Å². The summed E-state index contributed by atoms with van der Waals surface area (Å²) >= 11 is 3.03. The zero-order valence-corrected chi connectivity index (χ0v) is 14.1. The minimum atomic E-state index is 0.0739. The molecule has 7 heteroatoms. The van der Waals surface area contributed by atoms with Gasteiger partial charge in [0.2, 0.25) is 0 Å². The lowest BCUT2D eigenvalue weighted by molar-refractivity contribution is 0.509. The van der Waals surface area contributed by atoms with Crippen LogP contribution in [0.25, 0.3) is 10.2 Å². The first kappa shape index (κ1) is 14.0. The van der Waals surface area contributed by atoms with Gasteiger partial charge in [-0.3, -0.25) is 9.36 Å². The number of aromatic nitrogens is 4. The topological polar surface area (TPSA) is 60.7 Å². The fraction of sp³-hybridized carbons (Fsp3) is 0.467. The molecule has 1 atom stereocenters. The van der Waals surface area contributed by atoms with Crippen molar-refractivity contribution in [2.24, 2.45) is 5.92 Å². The summed E-state index contributed by atoms with van der Waals surface area (Å²) in [7, 11) is 0. The first-order valence-electron chi connectivity index (χ1n) is 7.41. The first-order chi connectivity index (χ1) is 10.6. The van der Waals surface area contributed by atoms with Gasteiger partial charge >= 0.3 is 0 Å². The Labute approximate surface area is 135 Å². The fourth-order valence-electron chi connectivity index (χ4n) is 3.03. The van der Waals surface area contributed by atoms with Crippen LogP contribution in [0.2, 0.25) is 0 Å². The smallest absolute Gasteiger partial charge is 0.262 e. The third kappa shape index (κ3) is 2.19. The van der Waals surface area contributed by atoms with E-state index in [1.165, 1.54) is 22.0 Å². The van der Waals surface area contributed by atoms with Crippen molar-refractivity contribution in [2.75, 3.05) is 0 Å². The molecule has 114 valence electrons. The Hall–Kier alpha value is -1.60. The molecule has 0 aliphatic heterocycles. The van der Waals surface area contributed by atoms with Crippen molar-refractivity contribution in [1.29, 1.82) is 0 Å². The van der Waals surface area contributed by atoms with Gasteiger partial charge in [0.1, 0.15) is 4.83 Å². The number of hydrogen-bond acceptors (Lipinski definition) is 6. The predicted octanol–water partition coefficient (Wildman–Crippen LogP) is 2.79. The van der Waals surface area contributed by atoms with Gasteiger partial charge in [-0.1, -0.05) is 11.4 Å². The number of rotatable bonds is 2. The molecule has 0 saturated carbocycles. The zero-order valence-electron chi connectivity index (χ0n) is 12.5. The largest absolute Gasteiger partial charge is 0.293 e. The molecular weight excluding hydrogens is 316 g/mol. The van der Waals surface area contributed by atoms with Crippen LogP contribution in [0.1, 0.15) is 34.4 Å². The number of nitrogens with zero attached hydrogens (tertiary/aromatic N) is 4. The van der Waals surface area contributed by atoms with Crippen molar-refractivity contribution < 1.29 is 0 Å². The van der Waals surface area contributed by atoms with Gasteiger partial charge in [-0.15, -0.1) is 16.4 Å². The summed E-state index contributed by atoms with van der Waals surface area (Å²) in [6.45, 7) is 4.70. The highest BCUT2D eigenvalue weighted by atomic mass is 32.1. The van der Waals surface area contributed by atoms with E-state index in [9.17, 15) is 4.79 Å². The molecular formula is C15H16N4OS2. The Morgan fingerprint density at radius 3 is 3.09 bits per heavy atom. The molecule has 0 amide bonds. The quantitative estimate of drug-likeness (QED) is 0.724. The van der Waals surface area contributed by atoms with Crippen molar-refractivity contribution in [3.8, 4) is 0 Å². The van der Waals surface area contributed by atoms with Crippen LogP contribution in [0.4, 0.5) is 0 Å². The summed E-state index contributed by atoms with van der Waals surface area (Å²) in [5.41, 5.74) is 2.20. The second-order valence-electron chi connectivity index (χ2n) is 5.99. The van der Waals surface area contributed by atoms with E-state index >= 15 is 0 Å². The maximum atomic E-state index is 12.9. The van der Waals surface area contributed by atoms with E-state index in [2.05, 4.69) is 21.5 Å². The number of aryl methyl sites for hydroxylation is 2. The van der Waals surface area contributed by atoms with Gasteiger partial charge in [0.05, 0.1) is 28.8 Å². The number of hydrogen-bond donors (Lipinski definition) is 0. The van der Waals surface area contributed by atoms with E-state index in [0.717, 1.165) is 40.1 Å². The zero-order chi connectivity index (χ0) is 15.3. The van der Waals surface area contributed by atoms with Crippen LogP contribution in [0.15, 0.2) is 11.1 Å². The van der Waals surface area contributed by atoms with Gasteiger partial charge in [-0.2, -0.15) is 0 Å². The molecule has 3 heterocycles. The summed E-state index contributed by atoms with van der Waals surface area (Å²) in [5, 5.41) is 4.85. The normalized spacial score (nSPS) is 17.8. The summed E-state index contributed by atoms with van der Waals surface area (Å²) in [6, 6.07) is 0. The molecule has 3 aromatic heterocycles. The van der Waals surface area contributed by atoms with E-state index in [1.54, 1.807) is 22.2 Å². The highest BCUT2D eigenvalue weighted by Gasteiger charge is 2.23. The van der Waals surface area contributed by atoms with Gasteiger partial charge in [-0.05, 0) is 49.2 Å². The van der Waals surface area contributed by atoms with E-state index in [1.807, 2.05) is 6.92 Å². The molecule has 22 heavy (non-hydrogen) atoms. The maximum absolute atomic E-state index is 12.9. The van der Waals surface area contributed by atoms with Gasteiger partial charge in [-0.25, -0.2) is 4.98 Å². The van der Waals surface area contributed by atoms with Crippen molar-refractivity contribution in [3.05, 3.63) is 37.7 Å². The maximum Gasteiger partial charge on any atom is 0.262 e. The molecule has 0 radical (unpaired) electrons. The SMILES string of the molecule is Cc1nnsc1Cn1cnc2sc3c(c2c1=O)CCC(C)C3. The van der Waals surface area contributed by atoms with Crippen LogP contribution < -0.4 is 5.56 Å². The lowest BCUT2D eigenvalue weighted by Gasteiger charge is -2.17. The number of fused-ring (bicyclic) bond motifs is 3. The molecule has 0 saturated heterocycles. The second-order valence-corrected chi connectivity index (χ2v) is 7.91. The van der Waals surface area contributed by atoms with Crippen LogP contribution in [0.5, 0.6) is 0 Å². The van der Waals surface area contributed by atoms with Crippen LogP contribution in [-0.2, 0) is 19.4 Å². The van der Waals surface area contributed by atoms with E-state index < -0.39 is 0 Å². The fourth-order valence-corrected chi connectivity index (χ4v) is 5.00. The number of thiophene rings is 1. The molecule has 1 aliphatic carbocycles. The third-order valence-corrected chi connectivity index (χ3v) is 6.31. The first-order valence-corrected chi connectivity index (χ1v) is 9.00. The summed E-state index contributed by atoms with van der Waals surface area (Å²) in [6.07, 6.45) is 4.90. The molecule has 0 bridgehead atoms. The molecule has 0 spiro atoms. The Bertz CT molecular complexity index is 908. The minimum absolute atomic E-state index is 0.0739. The van der Waals surface area contributed by atoms with Crippen LogP contribution in [0.3, 0.4) is 0 Å². The molecule has 4 rings (SSSR count). The summed E-state index contributed by atoms with van der Waals surface area (Å²) < 4.78 is 5.63. The van der Waals surface area contributed by atoms with Crippen LogP contribution >= 0.6 is 22.9 Å². The van der Waals surface area contributed by atoms with E-state index in [4.69, 9.17) is 0 Å². The van der Waals surface area contributed by atoms with Crippen molar-refractivity contribution in [1.82, 2.24) is 19.1 Å². The van der Waals surface area contributed by atoms with E-state index in [0.29, 0.717) is 12.5 Å². The average Bonchev–Trinajstić information content (AvgIpc) is 3.05. The highest BCUT2D eigenvalue weighted by molar-refractivity contribution is 7.18. The molecule has 5 nitrogen and oxygen atoms in total. The average molecular weight is 332 g/mol. The highest BCUT2D eigenvalue weighted by Crippen LogP contribution is 2.35. The molecule has 0 fully saturated rings. The van der Waals surface area contributed by atoms with Gasteiger partial charge < -0.3 is 0 Å². The van der Waals surface area contributed by atoms with Crippen molar-refractivity contribution in [3.63, 3.8) is 0 Å². The molecule has 1 unspecified atom stereocenters. The van der Waals surface area contributed by atoms with Crippen LogP contribution in [0, 0.1) is 12.8 Å². The molecule has 0 N–H and O–H groups in total. The Balaban J connectivity index is 1.84. The van der Waals surface area contributed by atoms with Crippen LogP contribution in [-0.4, -0.2) is 19.1 Å². The predicted molar refractivity (Wildman–Crippen MR) is 88.8 cm³/mol. The van der Waals surface area contributed by atoms with Crippen molar-refractivity contribution >= 4 is 33.1 Å². The standard InChI is InChI=1S/C15H16N4OS2/c1-8-3-4-10-11(5-8)21-14-13(10)15(20)19(7-16-14)6-12-9(2)17-18-22-12/h7-8H,3-6H2,1-2H3. The summed E-state index contributed by atoms with van der Waals surface area (Å²) in [5.74, 6) is 0.703. The van der Waals surface area contributed by atoms with Crippen molar-refractivity contribution in [2.45, 2.75) is 39.7 Å². The summed E-state index contributed by atoms with van der Waals surface area (Å²) in [4.78, 5) is 20.7. The third-order valence-electron chi connectivity index (χ3n) is 4.34. The lowest BCUT2D eigenvalue weighted by Crippen LogP contribution is -2.22.